The fraction of sp³-hybridized carbons (Fsp3) is 0.385. The summed E-state index contributed by atoms with van der Waals surface area (Å²) < 4.78 is 0.906. The number of anilines is 1. The first-order valence-corrected chi connectivity index (χ1v) is 6.96. The Morgan fingerprint density at radius 1 is 1.40 bits per heavy atom. The molecule has 0 aliphatic carbocycles. The number of hydrogen-bond donors (Lipinski definition) is 4. The van der Waals surface area contributed by atoms with Gasteiger partial charge in [-0.15, -0.1) is 0 Å². The molecule has 0 aliphatic heterocycles. The van der Waals surface area contributed by atoms with Crippen molar-refractivity contribution in [2.45, 2.75) is 25.8 Å². The van der Waals surface area contributed by atoms with E-state index in [1.165, 1.54) is 0 Å². The van der Waals surface area contributed by atoms with Gasteiger partial charge in [-0.2, -0.15) is 0 Å². The zero-order valence-electron chi connectivity index (χ0n) is 11.0. The number of carboxylic acids is 1. The number of aryl methyl sites for hydroxylation is 1. The maximum absolute atomic E-state index is 11.8. The third-order valence-electron chi connectivity index (χ3n) is 2.72. The summed E-state index contributed by atoms with van der Waals surface area (Å²) in [6, 6.07) is 3.70. The van der Waals surface area contributed by atoms with Crippen LogP contribution in [0.15, 0.2) is 22.7 Å². The highest BCUT2D eigenvalue weighted by atomic mass is 79.9. The van der Waals surface area contributed by atoms with Gasteiger partial charge in [0.2, 0.25) is 0 Å². The molecule has 20 heavy (non-hydrogen) atoms. The van der Waals surface area contributed by atoms with Crippen LogP contribution in [0.2, 0.25) is 0 Å². The van der Waals surface area contributed by atoms with Crippen LogP contribution in [0.4, 0.5) is 10.5 Å². The number of nitrogens with one attached hydrogen (secondary N) is 2. The summed E-state index contributed by atoms with van der Waals surface area (Å²) in [5, 5.41) is 22.6. The number of amides is 2. The number of hydrogen-bond acceptors (Lipinski definition) is 3. The second-order valence-electron chi connectivity index (χ2n) is 4.16. The van der Waals surface area contributed by atoms with Gasteiger partial charge in [0.05, 0.1) is 0 Å². The molecule has 0 unspecified atom stereocenters. The number of carboxylic acid groups (broad SMARTS) is 1. The molecule has 0 aromatic heterocycles. The molecule has 2 amide bonds. The molecule has 0 spiro atoms. The first kappa shape index (κ1) is 16.5. The number of carbonyl (C=O) groups excluding carboxylic acids is 1. The average Bonchev–Trinajstić information content (AvgIpc) is 2.40. The lowest BCUT2D eigenvalue weighted by Gasteiger charge is -2.15. The van der Waals surface area contributed by atoms with E-state index in [2.05, 4.69) is 26.6 Å². The molecule has 7 heteroatoms. The standard InChI is InChI=1S/C13H17BrN2O4/c1-2-8-7-9(14)3-4-10(8)15-13(20)16-11(5-6-17)12(18)19/h3-4,7,11,17H,2,5-6H2,1H3,(H,18,19)(H2,15,16,20)/t11-/m1/s1. The molecule has 1 rings (SSSR count). The van der Waals surface area contributed by atoms with Gasteiger partial charge >= 0.3 is 12.0 Å². The first-order valence-electron chi connectivity index (χ1n) is 6.17. The van der Waals surface area contributed by atoms with Crippen LogP contribution in [0.1, 0.15) is 18.9 Å². The van der Waals surface area contributed by atoms with Gasteiger partial charge in [-0.05, 0) is 30.2 Å². The largest absolute Gasteiger partial charge is 0.480 e. The summed E-state index contributed by atoms with van der Waals surface area (Å²) in [5.74, 6) is -1.18. The van der Waals surface area contributed by atoms with Crippen LogP contribution in [0.3, 0.4) is 0 Å². The van der Waals surface area contributed by atoms with Gasteiger partial charge in [-0.1, -0.05) is 22.9 Å². The van der Waals surface area contributed by atoms with E-state index in [0.717, 1.165) is 16.5 Å². The van der Waals surface area contributed by atoms with E-state index < -0.39 is 18.0 Å². The van der Waals surface area contributed by atoms with Gasteiger partial charge in [0.1, 0.15) is 6.04 Å². The third-order valence-corrected chi connectivity index (χ3v) is 3.21. The molecule has 4 N–H and O–H groups in total. The molecule has 1 atom stereocenters. The molecule has 1 aromatic rings. The van der Waals surface area contributed by atoms with Crippen molar-refractivity contribution in [2.75, 3.05) is 11.9 Å². The average molecular weight is 345 g/mol. The molecule has 0 heterocycles. The molecule has 0 aliphatic rings. The molecule has 110 valence electrons. The molecule has 0 radical (unpaired) electrons. The first-order chi connectivity index (χ1) is 9.47. The molecule has 0 saturated carbocycles. The second kappa shape index (κ2) is 7.86. The normalized spacial score (nSPS) is 11.8. The number of rotatable bonds is 6. The summed E-state index contributed by atoms with van der Waals surface area (Å²) in [7, 11) is 0. The van der Waals surface area contributed by atoms with Crippen molar-refractivity contribution in [3.63, 3.8) is 0 Å². The summed E-state index contributed by atoms with van der Waals surface area (Å²) in [4.78, 5) is 22.7. The summed E-state index contributed by atoms with van der Waals surface area (Å²) in [6.07, 6.45) is 0.692. The minimum absolute atomic E-state index is 0.0380. The smallest absolute Gasteiger partial charge is 0.326 e. The van der Waals surface area contributed by atoms with Crippen LogP contribution in [-0.2, 0) is 11.2 Å². The van der Waals surface area contributed by atoms with E-state index in [9.17, 15) is 9.59 Å². The Kier molecular flexibility index (Phi) is 6.47. The lowest BCUT2D eigenvalue weighted by molar-refractivity contribution is -0.139. The van der Waals surface area contributed by atoms with E-state index in [-0.39, 0.29) is 13.0 Å². The van der Waals surface area contributed by atoms with Gasteiger partial charge in [0, 0.05) is 23.2 Å². The fourth-order valence-corrected chi connectivity index (χ4v) is 2.09. The highest BCUT2D eigenvalue weighted by Crippen LogP contribution is 2.21. The monoisotopic (exact) mass is 344 g/mol. The van der Waals surface area contributed by atoms with Gasteiger partial charge < -0.3 is 20.8 Å². The van der Waals surface area contributed by atoms with Crippen molar-refractivity contribution in [3.05, 3.63) is 28.2 Å². The summed E-state index contributed by atoms with van der Waals surface area (Å²) in [5.41, 5.74) is 1.56. The van der Waals surface area contributed by atoms with Gasteiger partial charge in [-0.3, -0.25) is 0 Å². The highest BCUT2D eigenvalue weighted by Gasteiger charge is 2.19. The third kappa shape index (κ3) is 4.82. The van der Waals surface area contributed by atoms with E-state index in [1.807, 2.05) is 13.0 Å². The van der Waals surface area contributed by atoms with E-state index >= 15 is 0 Å². The van der Waals surface area contributed by atoms with E-state index in [1.54, 1.807) is 12.1 Å². The van der Waals surface area contributed by atoms with Crippen LogP contribution in [0.25, 0.3) is 0 Å². The maximum atomic E-state index is 11.8. The Labute approximate surface area is 125 Å². The number of aliphatic carboxylic acids is 1. The molecular weight excluding hydrogens is 328 g/mol. The van der Waals surface area contributed by atoms with E-state index in [0.29, 0.717) is 5.69 Å². The van der Waals surface area contributed by atoms with Crippen LogP contribution in [0, 0.1) is 0 Å². The molecule has 0 fully saturated rings. The molecule has 1 aromatic carbocycles. The molecule has 6 nitrogen and oxygen atoms in total. The van der Waals surface area contributed by atoms with Gasteiger partial charge in [0.15, 0.2) is 0 Å². The minimum Gasteiger partial charge on any atom is -0.480 e. The quantitative estimate of drug-likeness (QED) is 0.633. The Balaban J connectivity index is 2.73. The molecular formula is C13H17BrN2O4. The van der Waals surface area contributed by atoms with Gasteiger partial charge in [0.25, 0.3) is 0 Å². The van der Waals surface area contributed by atoms with E-state index in [4.69, 9.17) is 10.2 Å². The maximum Gasteiger partial charge on any atom is 0.326 e. The van der Waals surface area contributed by atoms with Gasteiger partial charge in [-0.25, -0.2) is 9.59 Å². The number of urea groups is 1. The summed E-state index contributed by atoms with van der Waals surface area (Å²) in [6.45, 7) is 1.65. The SMILES string of the molecule is CCc1cc(Br)ccc1NC(=O)N[C@H](CCO)C(=O)O. The number of halogens is 1. The van der Waals surface area contributed by atoms with Crippen molar-refractivity contribution >= 4 is 33.6 Å². The fourth-order valence-electron chi connectivity index (χ4n) is 1.68. The van der Waals surface area contributed by atoms with Crippen LogP contribution >= 0.6 is 15.9 Å². The van der Waals surface area contributed by atoms with Crippen LogP contribution in [-0.4, -0.2) is 34.9 Å². The van der Waals surface area contributed by atoms with Crippen molar-refractivity contribution in [1.82, 2.24) is 5.32 Å². The summed E-state index contributed by atoms with van der Waals surface area (Å²) >= 11 is 3.35. The number of carbonyl (C=O) groups is 2. The van der Waals surface area contributed by atoms with Crippen molar-refractivity contribution < 1.29 is 19.8 Å². The predicted molar refractivity (Wildman–Crippen MR) is 78.8 cm³/mol. The number of aliphatic hydroxyl groups is 1. The lowest BCUT2D eigenvalue weighted by Crippen LogP contribution is -2.43. The van der Waals surface area contributed by atoms with Crippen LogP contribution < -0.4 is 10.6 Å². The second-order valence-corrected chi connectivity index (χ2v) is 5.07. The Hall–Kier alpha value is -1.60. The zero-order chi connectivity index (χ0) is 15.1. The van der Waals surface area contributed by atoms with Crippen molar-refractivity contribution in [2.24, 2.45) is 0 Å². The predicted octanol–water partition coefficient (Wildman–Crippen LogP) is 1.97. The lowest BCUT2D eigenvalue weighted by atomic mass is 10.1. The number of aliphatic hydroxyl groups excluding tert-OH is 1. The molecule has 0 saturated heterocycles. The van der Waals surface area contributed by atoms with Crippen LogP contribution in [0.5, 0.6) is 0 Å². The van der Waals surface area contributed by atoms with Crippen molar-refractivity contribution in [1.29, 1.82) is 0 Å². The minimum atomic E-state index is -1.18. The van der Waals surface area contributed by atoms with Crippen molar-refractivity contribution in [3.8, 4) is 0 Å². The molecule has 0 bridgehead atoms. The Morgan fingerprint density at radius 2 is 2.10 bits per heavy atom. The Bertz CT molecular complexity index is 493. The zero-order valence-corrected chi connectivity index (χ0v) is 12.6. The Morgan fingerprint density at radius 3 is 2.65 bits per heavy atom. The number of benzene rings is 1. The topological polar surface area (TPSA) is 98.7 Å². The highest BCUT2D eigenvalue weighted by molar-refractivity contribution is 9.10.